The van der Waals surface area contributed by atoms with Crippen LogP contribution in [-0.2, 0) is 30.3 Å². The average Bonchev–Trinajstić information content (AvgIpc) is 3.33. The molecule has 0 atom stereocenters. The van der Waals surface area contributed by atoms with Crippen molar-refractivity contribution in [3.05, 3.63) is 58.6 Å². The highest BCUT2D eigenvalue weighted by Crippen LogP contribution is 2.36. The maximum atomic E-state index is 13.0. The molecule has 0 saturated carbocycles. The third-order valence-corrected chi connectivity index (χ3v) is 6.55. The number of esters is 1. The summed E-state index contributed by atoms with van der Waals surface area (Å²) >= 11 is 7.36. The molecule has 2 heterocycles. The van der Waals surface area contributed by atoms with E-state index in [9.17, 15) is 14.4 Å². The summed E-state index contributed by atoms with van der Waals surface area (Å²) in [5.74, 6) is 0.241. The van der Waals surface area contributed by atoms with E-state index in [-0.39, 0.29) is 44.5 Å². The van der Waals surface area contributed by atoms with Gasteiger partial charge >= 0.3 is 5.97 Å². The summed E-state index contributed by atoms with van der Waals surface area (Å²) in [6.45, 7) is 0.968. The summed E-state index contributed by atoms with van der Waals surface area (Å²) < 4.78 is 22.2. The maximum absolute atomic E-state index is 13.0. The quantitative estimate of drug-likeness (QED) is 0.439. The first-order valence-electron chi connectivity index (χ1n) is 12.0. The summed E-state index contributed by atoms with van der Waals surface area (Å²) in [6, 6.07) is 12.1. The van der Waals surface area contributed by atoms with Gasteiger partial charge in [-0.1, -0.05) is 23.7 Å². The number of hydrogen-bond acceptors (Lipinski definition) is 10. The van der Waals surface area contributed by atoms with Crippen LogP contribution >= 0.6 is 22.9 Å². The van der Waals surface area contributed by atoms with Crippen LogP contribution in [0, 0.1) is 0 Å². The molecule has 0 spiro atoms. The van der Waals surface area contributed by atoms with E-state index in [1.165, 1.54) is 24.6 Å². The number of methoxy groups -OCH3 is 1. The first-order chi connectivity index (χ1) is 18.9. The van der Waals surface area contributed by atoms with Gasteiger partial charge in [0.25, 0.3) is 0 Å². The van der Waals surface area contributed by atoms with Crippen LogP contribution in [0.15, 0.2) is 48.7 Å². The Hall–Kier alpha value is -3.71. The van der Waals surface area contributed by atoms with Crippen LogP contribution in [0.25, 0.3) is 0 Å². The third-order valence-electron chi connectivity index (χ3n) is 5.40. The van der Waals surface area contributed by atoms with Crippen molar-refractivity contribution in [1.29, 1.82) is 0 Å². The average molecular weight is 575 g/mol. The maximum Gasteiger partial charge on any atom is 0.310 e. The van der Waals surface area contributed by atoms with Gasteiger partial charge in [0.2, 0.25) is 11.8 Å². The van der Waals surface area contributed by atoms with Gasteiger partial charge in [-0.2, -0.15) is 0 Å². The van der Waals surface area contributed by atoms with Gasteiger partial charge in [-0.25, -0.2) is 4.98 Å². The second-order valence-corrected chi connectivity index (χ2v) is 9.89. The fourth-order valence-electron chi connectivity index (χ4n) is 3.60. The smallest absolute Gasteiger partial charge is 0.310 e. The van der Waals surface area contributed by atoms with Gasteiger partial charge in [-0.05, 0) is 30.3 Å². The molecular formula is C26H27ClN4O7S. The topological polar surface area (TPSA) is 128 Å². The number of fused-ring (bicyclic) bond motifs is 2. The molecule has 11 nitrogen and oxygen atoms in total. The van der Waals surface area contributed by atoms with Crippen molar-refractivity contribution < 1.29 is 33.3 Å². The number of rotatable bonds is 5. The number of amides is 2. The van der Waals surface area contributed by atoms with Crippen molar-refractivity contribution in [3.63, 3.8) is 0 Å². The number of thiazole rings is 1. The first-order valence-corrected chi connectivity index (χ1v) is 13.2. The molecule has 0 radical (unpaired) electrons. The Balaban J connectivity index is 1.45. The van der Waals surface area contributed by atoms with E-state index in [0.717, 1.165) is 0 Å². The minimum absolute atomic E-state index is 0.0671. The number of nitrogens with zero attached hydrogens (tertiary/aromatic N) is 2. The zero-order chi connectivity index (χ0) is 27.6. The van der Waals surface area contributed by atoms with Crippen LogP contribution in [0.1, 0.15) is 4.88 Å². The Bertz CT molecular complexity index is 1320. The van der Waals surface area contributed by atoms with E-state index in [1.807, 2.05) is 12.1 Å². The molecule has 2 amide bonds. The van der Waals surface area contributed by atoms with Crippen LogP contribution in [0.3, 0.4) is 0 Å². The first kappa shape index (κ1) is 28.3. The number of halogens is 1. The molecule has 1 aliphatic heterocycles. The molecule has 0 aliphatic carbocycles. The van der Waals surface area contributed by atoms with Gasteiger partial charge in [-0.15, -0.1) is 11.3 Å². The van der Waals surface area contributed by atoms with Crippen molar-refractivity contribution in [2.24, 2.45) is 0 Å². The molecule has 0 bridgehead atoms. The summed E-state index contributed by atoms with van der Waals surface area (Å²) in [7, 11) is 1.31. The van der Waals surface area contributed by atoms with E-state index in [2.05, 4.69) is 20.4 Å². The lowest BCUT2D eigenvalue weighted by atomic mass is 10.2. The van der Waals surface area contributed by atoms with Gasteiger partial charge in [-0.3, -0.25) is 19.3 Å². The highest BCUT2D eigenvalue weighted by Gasteiger charge is 2.19. The number of benzene rings is 2. The highest BCUT2D eigenvalue weighted by molar-refractivity contribution is 7.15. The summed E-state index contributed by atoms with van der Waals surface area (Å²) in [5, 5.41) is 6.29. The standard InChI is InChI=1S/C26H27ClN4O7S/c1-35-25(34)13-18-14-28-26(39-18)30-24(33)16-31-8-9-36-10-11-37-21-4-2-3-5-22(21)38-20-7-6-17(27)12-19(20)29-23(32)15-31/h2-7,12,14H,8-11,13,15-16H2,1H3,(H,29,32)(H,28,30,33). The Kier molecular flexibility index (Phi) is 10.1. The van der Waals surface area contributed by atoms with Gasteiger partial charge in [0.05, 0.1) is 45.5 Å². The van der Waals surface area contributed by atoms with Crippen molar-refractivity contribution >= 4 is 51.5 Å². The lowest BCUT2D eigenvalue weighted by Crippen LogP contribution is -2.40. The molecule has 4 rings (SSSR count). The normalized spacial score (nSPS) is 14.8. The molecule has 39 heavy (non-hydrogen) atoms. The van der Waals surface area contributed by atoms with Gasteiger partial charge < -0.3 is 29.6 Å². The van der Waals surface area contributed by atoms with Crippen molar-refractivity contribution in [2.45, 2.75) is 6.42 Å². The molecule has 3 aromatic rings. The Morgan fingerprint density at radius 3 is 2.79 bits per heavy atom. The fourth-order valence-corrected chi connectivity index (χ4v) is 4.58. The van der Waals surface area contributed by atoms with Crippen LogP contribution in [0.2, 0.25) is 5.02 Å². The minimum Gasteiger partial charge on any atom is -0.487 e. The minimum atomic E-state index is -0.397. The van der Waals surface area contributed by atoms with E-state index < -0.39 is 5.97 Å². The van der Waals surface area contributed by atoms with Crippen LogP contribution in [0.5, 0.6) is 17.2 Å². The largest absolute Gasteiger partial charge is 0.487 e. The third kappa shape index (κ3) is 8.65. The molecule has 206 valence electrons. The Morgan fingerprint density at radius 2 is 1.97 bits per heavy atom. The Labute approximate surface area is 234 Å². The molecular weight excluding hydrogens is 548 g/mol. The van der Waals surface area contributed by atoms with Crippen molar-refractivity contribution in [2.75, 3.05) is 57.2 Å². The van der Waals surface area contributed by atoms with Gasteiger partial charge in [0.1, 0.15) is 6.61 Å². The zero-order valence-corrected chi connectivity index (χ0v) is 22.7. The fraction of sp³-hybridized carbons (Fsp3) is 0.308. The zero-order valence-electron chi connectivity index (χ0n) is 21.1. The second-order valence-electron chi connectivity index (χ2n) is 8.34. The lowest BCUT2D eigenvalue weighted by Gasteiger charge is -2.21. The molecule has 1 aliphatic rings. The summed E-state index contributed by atoms with van der Waals surface area (Å²) in [4.78, 5) is 43.7. The van der Waals surface area contributed by atoms with E-state index >= 15 is 0 Å². The van der Waals surface area contributed by atoms with Crippen molar-refractivity contribution in [3.8, 4) is 17.2 Å². The number of aromatic nitrogens is 1. The summed E-state index contributed by atoms with van der Waals surface area (Å²) in [5.41, 5.74) is 0.374. The molecule has 2 aromatic carbocycles. The lowest BCUT2D eigenvalue weighted by molar-refractivity contribution is -0.139. The molecule has 0 unspecified atom stereocenters. The molecule has 1 aromatic heterocycles. The SMILES string of the molecule is COC(=O)Cc1cnc(NC(=O)CN2CCOCCOc3ccccc3Oc3ccc(Cl)cc3NC(=O)C2)s1. The van der Waals surface area contributed by atoms with Crippen LogP contribution in [0.4, 0.5) is 10.8 Å². The molecule has 0 saturated heterocycles. The number of carbonyl (C=O) groups is 3. The highest BCUT2D eigenvalue weighted by atomic mass is 35.5. The number of para-hydroxylation sites is 2. The number of nitrogens with one attached hydrogen (secondary N) is 2. The monoisotopic (exact) mass is 574 g/mol. The number of carbonyl (C=O) groups excluding carboxylic acids is 3. The second kappa shape index (κ2) is 13.9. The predicted octanol–water partition coefficient (Wildman–Crippen LogP) is 3.59. The number of anilines is 2. The number of hydrogen-bond donors (Lipinski definition) is 2. The van der Waals surface area contributed by atoms with E-state index in [1.54, 1.807) is 35.2 Å². The molecule has 13 heteroatoms. The number of ether oxygens (including phenoxy) is 4. The predicted molar refractivity (Wildman–Crippen MR) is 146 cm³/mol. The van der Waals surface area contributed by atoms with E-state index in [0.29, 0.717) is 51.1 Å². The molecule has 0 fully saturated rings. The van der Waals surface area contributed by atoms with Crippen LogP contribution in [-0.4, -0.2) is 74.2 Å². The summed E-state index contributed by atoms with van der Waals surface area (Å²) in [6.07, 6.45) is 1.57. The van der Waals surface area contributed by atoms with E-state index in [4.69, 9.17) is 25.8 Å². The van der Waals surface area contributed by atoms with Crippen molar-refractivity contribution in [1.82, 2.24) is 9.88 Å². The Morgan fingerprint density at radius 1 is 1.15 bits per heavy atom. The van der Waals surface area contributed by atoms with Crippen LogP contribution < -0.4 is 20.1 Å². The molecule has 2 N–H and O–H groups in total. The van der Waals surface area contributed by atoms with Gasteiger partial charge in [0, 0.05) is 22.6 Å². The van der Waals surface area contributed by atoms with Gasteiger partial charge in [0.15, 0.2) is 22.4 Å².